The second-order valence-corrected chi connectivity index (χ2v) is 5.74. The summed E-state index contributed by atoms with van der Waals surface area (Å²) in [6, 6.07) is 21.0. The number of rotatable bonds is 3. The predicted octanol–water partition coefficient (Wildman–Crippen LogP) is -0.163. The molecule has 0 saturated carbocycles. The minimum absolute atomic E-state index is 0.0754. The van der Waals surface area contributed by atoms with E-state index < -0.39 is 16.2 Å². The lowest BCUT2D eigenvalue weighted by Crippen LogP contribution is -2.68. The number of carboxylic acids is 1. The molecule has 0 radical (unpaired) electrons. The lowest BCUT2D eigenvalue weighted by molar-refractivity contribution is -2.00. The molecule has 7 nitrogen and oxygen atoms in total. The molecule has 3 rings (SSSR count). The molecular weight excluding hydrogens is 364 g/mol. The third kappa shape index (κ3) is 5.92. The lowest BCUT2D eigenvalue weighted by atomic mass is 9.96. The van der Waals surface area contributed by atoms with E-state index in [1.807, 2.05) is 60.7 Å². The first-order chi connectivity index (χ1) is 12.3. The van der Waals surface area contributed by atoms with Crippen molar-refractivity contribution >= 4 is 5.97 Å². The van der Waals surface area contributed by atoms with Gasteiger partial charge in [-0.25, -0.2) is 27.8 Å². The summed E-state index contributed by atoms with van der Waals surface area (Å²) in [5.74, 6) is -1.15. The molecule has 1 aromatic heterocycles. The molecule has 0 fully saturated rings. The first-order valence-corrected chi connectivity index (χ1v) is 8.41. The van der Waals surface area contributed by atoms with Gasteiger partial charge in [-0.3, -0.25) is 0 Å². The number of carbonyl (C=O) groups is 1. The van der Waals surface area contributed by atoms with E-state index in [0.29, 0.717) is 0 Å². The molecule has 0 spiro atoms. The van der Waals surface area contributed by atoms with Crippen LogP contribution in [0.2, 0.25) is 0 Å². The van der Waals surface area contributed by atoms with Crippen molar-refractivity contribution in [2.75, 3.05) is 0 Å². The summed E-state index contributed by atoms with van der Waals surface area (Å²) < 4.78 is 39.2. The monoisotopic (exact) mass is 376 g/mol. The average molecular weight is 377 g/mol. The number of carboxylic acid groups (broad SMARTS) is 1. The molecule has 1 heterocycles. The average Bonchev–Trinajstić information content (AvgIpc) is 2.61. The molecule has 0 aliphatic heterocycles. The summed E-state index contributed by atoms with van der Waals surface area (Å²) in [5, 5.41) is 9.12. The Bertz CT molecular complexity index is 856. The summed E-state index contributed by atoms with van der Waals surface area (Å²) >= 11 is 0. The fourth-order valence-corrected chi connectivity index (χ4v) is 2.24. The van der Waals surface area contributed by atoms with Gasteiger partial charge in [-0.2, -0.15) is 0 Å². The maximum Gasteiger partial charge on any atom is 0.436 e. The third-order valence-corrected chi connectivity index (χ3v) is 3.25. The van der Waals surface area contributed by atoms with Crippen LogP contribution in [-0.2, 0) is 0 Å². The van der Waals surface area contributed by atoms with Gasteiger partial charge in [0.15, 0.2) is 0 Å². The molecule has 0 saturated heterocycles. The molecular formula is C18H13ClO7. The van der Waals surface area contributed by atoms with E-state index in [-0.39, 0.29) is 5.76 Å². The molecule has 0 aliphatic rings. The second-order valence-electron chi connectivity index (χ2n) is 4.99. The van der Waals surface area contributed by atoms with Crippen LogP contribution in [0, 0.1) is 10.2 Å². The van der Waals surface area contributed by atoms with E-state index in [0.717, 1.165) is 22.3 Å². The molecule has 134 valence electrons. The largest absolute Gasteiger partial charge is 0.471 e. The van der Waals surface area contributed by atoms with E-state index in [2.05, 4.69) is 0 Å². The summed E-state index contributed by atoms with van der Waals surface area (Å²) in [6.45, 7) is 0. The van der Waals surface area contributed by atoms with Gasteiger partial charge in [0, 0.05) is 5.56 Å². The van der Waals surface area contributed by atoms with Gasteiger partial charge in [-0.05, 0) is 11.1 Å². The van der Waals surface area contributed by atoms with Gasteiger partial charge in [0.05, 0.1) is 11.6 Å². The van der Waals surface area contributed by atoms with Crippen molar-refractivity contribution in [3.63, 3.8) is 0 Å². The Morgan fingerprint density at radius 2 is 1.23 bits per heavy atom. The Kier molecular flexibility index (Phi) is 6.40. The second kappa shape index (κ2) is 8.52. The Balaban J connectivity index is 0.000000431. The SMILES string of the molecule is O=C(O)c1cc(-c2ccccc2)c(-c2ccccc2)c[o+]1.[O-][Cl+3]([O-])([O-])[O-]. The van der Waals surface area contributed by atoms with Gasteiger partial charge >= 0.3 is 18.0 Å². The minimum Gasteiger partial charge on any atom is -0.471 e. The van der Waals surface area contributed by atoms with Crippen molar-refractivity contribution in [1.29, 1.82) is 0 Å². The first kappa shape index (κ1) is 19.5. The highest BCUT2D eigenvalue weighted by Gasteiger charge is 2.22. The number of hydrogen-bond acceptors (Lipinski definition) is 5. The molecule has 0 unspecified atom stereocenters. The maximum absolute atomic E-state index is 11.1. The highest BCUT2D eigenvalue weighted by Crippen LogP contribution is 2.32. The van der Waals surface area contributed by atoms with Crippen molar-refractivity contribution in [2.24, 2.45) is 0 Å². The van der Waals surface area contributed by atoms with Gasteiger partial charge in [0.1, 0.15) is 0 Å². The molecule has 0 atom stereocenters. The highest BCUT2D eigenvalue weighted by molar-refractivity contribution is 5.90. The van der Waals surface area contributed by atoms with Crippen molar-refractivity contribution in [1.82, 2.24) is 0 Å². The Morgan fingerprint density at radius 1 is 0.808 bits per heavy atom. The summed E-state index contributed by atoms with van der Waals surface area (Å²) in [6.07, 6.45) is 1.50. The van der Waals surface area contributed by atoms with Crippen molar-refractivity contribution in [3.05, 3.63) is 78.8 Å². The van der Waals surface area contributed by atoms with E-state index in [1.54, 1.807) is 6.07 Å². The Morgan fingerprint density at radius 3 is 1.65 bits per heavy atom. The minimum atomic E-state index is -4.94. The van der Waals surface area contributed by atoms with Crippen LogP contribution in [0.5, 0.6) is 0 Å². The van der Waals surface area contributed by atoms with Crippen LogP contribution in [0.15, 0.2) is 77.4 Å². The quantitative estimate of drug-likeness (QED) is 0.626. The molecule has 8 heteroatoms. The summed E-state index contributed by atoms with van der Waals surface area (Å²) in [5.41, 5.74) is 3.64. The number of aromatic carboxylic acids is 1. The van der Waals surface area contributed by atoms with Crippen LogP contribution in [0.3, 0.4) is 0 Å². The van der Waals surface area contributed by atoms with Crippen LogP contribution in [0.1, 0.15) is 10.6 Å². The summed E-state index contributed by atoms with van der Waals surface area (Å²) in [7, 11) is -4.94. The van der Waals surface area contributed by atoms with Crippen LogP contribution < -0.4 is 18.6 Å². The molecule has 3 aromatic rings. The fraction of sp³-hybridized carbons (Fsp3) is 0. The fourth-order valence-electron chi connectivity index (χ4n) is 2.24. The van der Waals surface area contributed by atoms with Crippen LogP contribution in [0.25, 0.3) is 22.3 Å². The molecule has 0 aliphatic carbocycles. The van der Waals surface area contributed by atoms with Gasteiger partial charge < -0.3 is 5.11 Å². The van der Waals surface area contributed by atoms with Crippen LogP contribution >= 0.6 is 0 Å². The number of hydrogen-bond donors (Lipinski definition) is 1. The van der Waals surface area contributed by atoms with Crippen molar-refractivity contribution < 1.29 is 43.2 Å². The van der Waals surface area contributed by atoms with Crippen LogP contribution in [-0.4, -0.2) is 11.1 Å². The zero-order valence-electron chi connectivity index (χ0n) is 13.2. The van der Waals surface area contributed by atoms with Crippen LogP contribution in [0.4, 0.5) is 0 Å². The third-order valence-electron chi connectivity index (χ3n) is 3.25. The molecule has 2 aromatic carbocycles. The van der Waals surface area contributed by atoms with Gasteiger partial charge in [0.25, 0.3) is 0 Å². The Labute approximate surface area is 150 Å². The van der Waals surface area contributed by atoms with E-state index in [1.165, 1.54) is 6.26 Å². The number of benzene rings is 2. The van der Waals surface area contributed by atoms with Gasteiger partial charge in [0.2, 0.25) is 0 Å². The smallest absolute Gasteiger partial charge is 0.436 e. The van der Waals surface area contributed by atoms with E-state index in [9.17, 15) is 4.79 Å². The van der Waals surface area contributed by atoms with Gasteiger partial charge in [-0.15, -0.1) is 10.2 Å². The molecule has 1 N–H and O–H groups in total. The zero-order chi connectivity index (χ0) is 19.2. The number of halogens is 1. The molecule has 26 heavy (non-hydrogen) atoms. The van der Waals surface area contributed by atoms with Crippen molar-refractivity contribution in [3.8, 4) is 22.3 Å². The van der Waals surface area contributed by atoms with Gasteiger partial charge in [-0.1, -0.05) is 60.7 Å². The predicted molar refractivity (Wildman–Crippen MR) is 80.9 cm³/mol. The van der Waals surface area contributed by atoms with E-state index >= 15 is 0 Å². The topological polar surface area (TPSA) is 141 Å². The molecule has 0 bridgehead atoms. The zero-order valence-corrected chi connectivity index (χ0v) is 14.0. The standard InChI is InChI=1S/C18H12O3.ClHO4/c19-18(20)17-11-15(13-7-3-1-4-8-13)16(12-21-17)14-9-5-2-6-10-14;2-1(3,4)5/h1-12H;(H,2,3,4,5). The Hall–Kier alpha value is -2.81. The molecule has 0 amide bonds. The maximum atomic E-state index is 11.1. The van der Waals surface area contributed by atoms with Crippen molar-refractivity contribution in [2.45, 2.75) is 0 Å². The normalized spacial score (nSPS) is 10.6. The lowest BCUT2D eigenvalue weighted by Gasteiger charge is -2.17. The highest BCUT2D eigenvalue weighted by atomic mass is 35.7. The summed E-state index contributed by atoms with van der Waals surface area (Å²) in [4.78, 5) is 11.1. The van der Waals surface area contributed by atoms with E-state index in [4.69, 9.17) is 28.2 Å². The first-order valence-electron chi connectivity index (χ1n) is 7.17.